The first kappa shape index (κ1) is 15.3. The molecule has 0 spiro atoms. The number of fused-ring (bicyclic) bond motifs is 3. The number of hydrogen-bond acceptors (Lipinski definition) is 4. The van der Waals surface area contributed by atoms with Crippen molar-refractivity contribution in [3.05, 3.63) is 65.1 Å². The van der Waals surface area contributed by atoms with Gasteiger partial charge < -0.3 is 20.1 Å². The molecular weight excluding hydrogens is 302 g/mol. The van der Waals surface area contributed by atoms with Crippen molar-refractivity contribution in [2.24, 2.45) is 0 Å². The van der Waals surface area contributed by atoms with E-state index < -0.39 is 0 Å². The Bertz CT molecular complexity index is 858. The van der Waals surface area contributed by atoms with Crippen molar-refractivity contribution in [3.8, 4) is 0 Å². The van der Waals surface area contributed by atoms with Gasteiger partial charge in [-0.25, -0.2) is 0 Å². The fourth-order valence-electron chi connectivity index (χ4n) is 3.75. The summed E-state index contributed by atoms with van der Waals surface area (Å²) in [6.45, 7) is 1.83. The van der Waals surface area contributed by atoms with Crippen LogP contribution in [0.3, 0.4) is 0 Å². The minimum absolute atomic E-state index is 0.0371. The lowest BCUT2D eigenvalue weighted by Crippen LogP contribution is -2.26. The third-order valence-corrected chi connectivity index (χ3v) is 4.88. The second-order valence-electron chi connectivity index (χ2n) is 6.21. The van der Waals surface area contributed by atoms with Gasteiger partial charge in [0.15, 0.2) is 0 Å². The molecule has 0 saturated carbocycles. The Balaban J connectivity index is 1.97. The lowest BCUT2D eigenvalue weighted by molar-refractivity contribution is 0.249. The van der Waals surface area contributed by atoms with Gasteiger partial charge in [0.2, 0.25) is 0 Å². The molecule has 3 N–H and O–H groups in total. The summed E-state index contributed by atoms with van der Waals surface area (Å²) >= 11 is 0. The summed E-state index contributed by atoms with van der Waals surface area (Å²) in [5.41, 5.74) is 5.62. The number of nitrogens with zero attached hydrogens (tertiary/aromatic N) is 2. The van der Waals surface area contributed by atoms with Crippen LogP contribution in [0.15, 0.2) is 42.7 Å². The molecule has 0 fully saturated rings. The van der Waals surface area contributed by atoms with Gasteiger partial charge >= 0.3 is 0 Å². The molecule has 2 aromatic heterocycles. The molecule has 4 rings (SSSR count). The first-order valence-corrected chi connectivity index (χ1v) is 8.30. The number of pyridine rings is 1. The number of rotatable bonds is 4. The molecule has 5 heteroatoms. The van der Waals surface area contributed by atoms with E-state index in [1.54, 1.807) is 12.4 Å². The minimum Gasteiger partial charge on any atom is -0.394 e. The van der Waals surface area contributed by atoms with Crippen LogP contribution in [0.2, 0.25) is 0 Å². The fourth-order valence-corrected chi connectivity index (χ4v) is 3.75. The average Bonchev–Trinajstić information content (AvgIpc) is 2.97. The van der Waals surface area contributed by atoms with E-state index in [0.717, 1.165) is 41.5 Å². The number of benzene rings is 1. The van der Waals surface area contributed by atoms with E-state index in [0.29, 0.717) is 0 Å². The third-order valence-electron chi connectivity index (χ3n) is 4.88. The van der Waals surface area contributed by atoms with Crippen molar-refractivity contribution in [1.29, 1.82) is 0 Å². The number of aliphatic hydroxyl groups excluding tert-OH is 2. The molecule has 24 heavy (non-hydrogen) atoms. The normalized spacial score (nSPS) is 15.4. The van der Waals surface area contributed by atoms with Gasteiger partial charge in [-0.05, 0) is 41.0 Å². The summed E-state index contributed by atoms with van der Waals surface area (Å²) in [5, 5.41) is 24.2. The summed E-state index contributed by atoms with van der Waals surface area (Å²) in [5.74, 6) is 0. The smallest absolute Gasteiger partial charge is 0.0820 e. The van der Waals surface area contributed by atoms with Gasteiger partial charge in [0, 0.05) is 48.5 Å². The Morgan fingerprint density at radius 1 is 1.17 bits per heavy atom. The van der Waals surface area contributed by atoms with Crippen molar-refractivity contribution in [3.63, 3.8) is 0 Å². The quantitative estimate of drug-likeness (QED) is 0.684. The first-order valence-electron chi connectivity index (χ1n) is 8.30. The number of aliphatic hydroxyl groups is 2. The predicted molar refractivity (Wildman–Crippen MR) is 92.7 cm³/mol. The maximum absolute atomic E-state index is 10.1. The number of nitrogens with one attached hydrogen (secondary N) is 1. The highest BCUT2D eigenvalue weighted by Gasteiger charge is 2.25. The maximum Gasteiger partial charge on any atom is 0.0820 e. The van der Waals surface area contributed by atoms with E-state index in [9.17, 15) is 10.2 Å². The molecule has 0 radical (unpaired) electrons. The molecule has 0 saturated heterocycles. The monoisotopic (exact) mass is 323 g/mol. The van der Waals surface area contributed by atoms with Gasteiger partial charge in [-0.3, -0.25) is 4.98 Å². The Morgan fingerprint density at radius 3 is 2.75 bits per heavy atom. The zero-order valence-electron chi connectivity index (χ0n) is 13.4. The highest BCUT2D eigenvalue weighted by atomic mass is 16.3. The molecule has 1 atom stereocenters. The summed E-state index contributed by atoms with van der Waals surface area (Å²) in [6.07, 6.45) is 4.46. The van der Waals surface area contributed by atoms with Crippen molar-refractivity contribution in [1.82, 2.24) is 14.9 Å². The number of aromatic nitrogens is 2. The van der Waals surface area contributed by atoms with E-state index >= 15 is 0 Å². The molecule has 0 bridgehead atoms. The van der Waals surface area contributed by atoms with Gasteiger partial charge in [-0.15, -0.1) is 0 Å². The second-order valence-corrected chi connectivity index (χ2v) is 6.21. The van der Waals surface area contributed by atoms with Gasteiger partial charge in [0.25, 0.3) is 0 Å². The molecule has 1 aromatic carbocycles. The van der Waals surface area contributed by atoms with Gasteiger partial charge in [0.1, 0.15) is 0 Å². The molecule has 3 aromatic rings. The summed E-state index contributed by atoms with van der Waals surface area (Å²) < 4.78 is 2.27. The van der Waals surface area contributed by atoms with Crippen molar-refractivity contribution in [2.75, 3.05) is 13.2 Å². The van der Waals surface area contributed by atoms with Crippen molar-refractivity contribution < 1.29 is 10.2 Å². The van der Waals surface area contributed by atoms with Crippen LogP contribution in [-0.2, 0) is 19.6 Å². The molecule has 1 unspecified atom stereocenters. The lowest BCUT2D eigenvalue weighted by atomic mass is 10.0. The van der Waals surface area contributed by atoms with Crippen LogP contribution >= 0.6 is 0 Å². The predicted octanol–water partition coefficient (Wildman–Crippen LogP) is 1.76. The lowest BCUT2D eigenvalue weighted by Gasteiger charge is -2.23. The third kappa shape index (κ3) is 2.41. The first-order chi connectivity index (χ1) is 11.8. The van der Waals surface area contributed by atoms with Crippen LogP contribution in [0.1, 0.15) is 28.4 Å². The van der Waals surface area contributed by atoms with E-state index in [1.807, 2.05) is 18.2 Å². The molecular formula is C19H21N3O2. The number of hydrogen-bond donors (Lipinski definition) is 3. The highest BCUT2D eigenvalue weighted by Crippen LogP contribution is 2.34. The van der Waals surface area contributed by atoms with E-state index in [1.165, 1.54) is 11.3 Å². The van der Waals surface area contributed by atoms with Crippen LogP contribution in [0.25, 0.3) is 10.9 Å². The van der Waals surface area contributed by atoms with Crippen molar-refractivity contribution in [2.45, 2.75) is 25.6 Å². The van der Waals surface area contributed by atoms with Crippen LogP contribution in [0.5, 0.6) is 0 Å². The van der Waals surface area contributed by atoms with Crippen LogP contribution in [0.4, 0.5) is 0 Å². The molecule has 3 heterocycles. The second kappa shape index (κ2) is 6.36. The van der Waals surface area contributed by atoms with E-state index in [-0.39, 0.29) is 19.3 Å². The van der Waals surface area contributed by atoms with Gasteiger partial charge in [0.05, 0.1) is 19.3 Å². The molecule has 0 aliphatic carbocycles. The van der Waals surface area contributed by atoms with Crippen LogP contribution in [-0.4, -0.2) is 32.9 Å². The Kier molecular flexibility index (Phi) is 4.06. The Morgan fingerprint density at radius 2 is 2.00 bits per heavy atom. The van der Waals surface area contributed by atoms with Crippen molar-refractivity contribution >= 4 is 10.9 Å². The summed E-state index contributed by atoms with van der Waals surface area (Å²) in [6, 6.07) is 9.88. The molecule has 1 aliphatic rings. The topological polar surface area (TPSA) is 70.3 Å². The largest absolute Gasteiger partial charge is 0.394 e. The van der Waals surface area contributed by atoms with E-state index in [4.69, 9.17) is 0 Å². The summed E-state index contributed by atoms with van der Waals surface area (Å²) in [4.78, 5) is 4.09. The highest BCUT2D eigenvalue weighted by molar-refractivity contribution is 5.87. The van der Waals surface area contributed by atoms with Crippen LogP contribution < -0.4 is 5.32 Å². The zero-order valence-corrected chi connectivity index (χ0v) is 13.4. The summed E-state index contributed by atoms with van der Waals surface area (Å²) in [7, 11) is 0. The Hall–Kier alpha value is -2.21. The Labute approximate surface area is 140 Å². The minimum atomic E-state index is -0.127. The van der Waals surface area contributed by atoms with E-state index in [2.05, 4.69) is 27.0 Å². The molecule has 0 amide bonds. The molecule has 1 aliphatic heterocycles. The standard InChI is InChI=1S/C19H21N3O2/c23-11-13-1-2-17-15(9-13)16-10-21-8-5-18(16)22(17)19(12-24)14-3-6-20-7-4-14/h1-4,6-7,9,19,21,23-24H,5,8,10-12H2. The molecule has 5 nitrogen and oxygen atoms in total. The SMILES string of the molecule is OCc1ccc2c(c1)c1c(n2C(CO)c2ccncc2)CCNC1. The maximum atomic E-state index is 10.1. The van der Waals surface area contributed by atoms with Crippen LogP contribution in [0, 0.1) is 0 Å². The van der Waals surface area contributed by atoms with Gasteiger partial charge in [-0.2, -0.15) is 0 Å². The zero-order chi connectivity index (χ0) is 16.5. The van der Waals surface area contributed by atoms with Gasteiger partial charge in [-0.1, -0.05) is 6.07 Å². The average molecular weight is 323 g/mol. The fraction of sp³-hybridized carbons (Fsp3) is 0.316. The molecule has 124 valence electrons.